The monoisotopic (exact) mass is 467 g/mol. The molecule has 0 atom stereocenters. The topological polar surface area (TPSA) is 66.2 Å². The van der Waals surface area contributed by atoms with Crippen molar-refractivity contribution in [2.75, 3.05) is 45.9 Å². The van der Waals surface area contributed by atoms with E-state index in [2.05, 4.69) is 4.90 Å². The standard InChI is InChI=1S/C25H29N3O4S/c29-24(28(19-22-8-4-14-32-22)18-21-6-2-1-3-7-21)20-27(25(30)23-9-5-17-33-23)11-10-26-12-15-31-16-13-26/h1-9,14,17H,10-13,15-16,18-20H2. The molecule has 0 unspecified atom stereocenters. The highest BCUT2D eigenvalue weighted by atomic mass is 32.1. The number of ether oxygens (including phenoxy) is 1. The van der Waals surface area contributed by atoms with Gasteiger partial charge in [0.05, 0.1) is 30.9 Å². The lowest BCUT2D eigenvalue weighted by Gasteiger charge is -2.31. The van der Waals surface area contributed by atoms with Gasteiger partial charge >= 0.3 is 0 Å². The molecule has 3 aromatic rings. The Morgan fingerprint density at radius 3 is 2.45 bits per heavy atom. The molecular weight excluding hydrogens is 438 g/mol. The molecule has 0 N–H and O–H groups in total. The number of amides is 2. The summed E-state index contributed by atoms with van der Waals surface area (Å²) in [6.07, 6.45) is 1.61. The molecule has 1 aromatic carbocycles. The van der Waals surface area contributed by atoms with Gasteiger partial charge in [-0.3, -0.25) is 14.5 Å². The van der Waals surface area contributed by atoms with Gasteiger partial charge in [-0.2, -0.15) is 0 Å². The minimum atomic E-state index is -0.109. The van der Waals surface area contributed by atoms with Gasteiger partial charge in [0, 0.05) is 32.7 Å². The van der Waals surface area contributed by atoms with Gasteiger partial charge in [-0.1, -0.05) is 36.4 Å². The first-order valence-electron chi connectivity index (χ1n) is 11.2. The average Bonchev–Trinajstić information content (AvgIpc) is 3.57. The van der Waals surface area contributed by atoms with E-state index in [-0.39, 0.29) is 18.4 Å². The van der Waals surface area contributed by atoms with Crippen molar-refractivity contribution in [3.05, 3.63) is 82.4 Å². The van der Waals surface area contributed by atoms with Gasteiger partial charge in [-0.15, -0.1) is 11.3 Å². The highest BCUT2D eigenvalue weighted by Gasteiger charge is 2.24. The summed E-state index contributed by atoms with van der Waals surface area (Å²) in [6, 6.07) is 17.2. The first-order chi connectivity index (χ1) is 16.2. The SMILES string of the molecule is O=C(CN(CCN1CCOCC1)C(=O)c1cccs1)N(Cc1ccccc1)Cc1ccco1. The molecule has 0 bridgehead atoms. The van der Waals surface area contributed by atoms with Crippen LogP contribution in [0, 0.1) is 0 Å². The maximum Gasteiger partial charge on any atom is 0.264 e. The summed E-state index contributed by atoms with van der Waals surface area (Å²) in [5.74, 6) is 0.495. The van der Waals surface area contributed by atoms with Gasteiger partial charge in [0.25, 0.3) is 5.91 Å². The first kappa shape index (κ1) is 23.2. The Hall–Kier alpha value is -2.94. The van der Waals surface area contributed by atoms with E-state index in [1.54, 1.807) is 16.1 Å². The minimum absolute atomic E-state index is 0.0224. The zero-order valence-electron chi connectivity index (χ0n) is 18.6. The van der Waals surface area contributed by atoms with Crippen molar-refractivity contribution >= 4 is 23.2 Å². The maximum absolute atomic E-state index is 13.5. The van der Waals surface area contributed by atoms with Gasteiger partial charge in [0.2, 0.25) is 5.91 Å². The normalized spacial score (nSPS) is 14.2. The van der Waals surface area contributed by atoms with E-state index in [0.29, 0.717) is 50.0 Å². The summed E-state index contributed by atoms with van der Waals surface area (Å²) >= 11 is 1.40. The van der Waals surface area contributed by atoms with Crippen LogP contribution in [0.5, 0.6) is 0 Å². The molecule has 4 rings (SSSR count). The van der Waals surface area contributed by atoms with Crippen LogP contribution in [0.15, 0.2) is 70.7 Å². The van der Waals surface area contributed by atoms with Crippen LogP contribution >= 0.6 is 11.3 Å². The van der Waals surface area contributed by atoms with Gasteiger partial charge in [0.15, 0.2) is 0 Å². The Morgan fingerprint density at radius 2 is 1.76 bits per heavy atom. The Kier molecular flexibility index (Phi) is 8.30. The first-order valence-corrected chi connectivity index (χ1v) is 12.0. The van der Waals surface area contributed by atoms with Crippen LogP contribution in [0.25, 0.3) is 0 Å². The molecule has 7 nitrogen and oxygen atoms in total. The Morgan fingerprint density at radius 1 is 0.939 bits per heavy atom. The Labute approximate surface area is 198 Å². The number of benzene rings is 1. The fraction of sp³-hybridized carbons (Fsp3) is 0.360. The molecule has 1 saturated heterocycles. The van der Waals surface area contributed by atoms with Crippen LogP contribution in [0.3, 0.4) is 0 Å². The maximum atomic E-state index is 13.5. The van der Waals surface area contributed by atoms with Gasteiger partial charge in [-0.05, 0) is 29.1 Å². The van der Waals surface area contributed by atoms with Gasteiger partial charge < -0.3 is 19.0 Å². The van der Waals surface area contributed by atoms with Crippen molar-refractivity contribution in [2.45, 2.75) is 13.1 Å². The molecule has 0 saturated carbocycles. The zero-order chi connectivity index (χ0) is 22.9. The fourth-order valence-corrected chi connectivity index (χ4v) is 4.48. The highest BCUT2D eigenvalue weighted by molar-refractivity contribution is 7.12. The number of morpholine rings is 1. The summed E-state index contributed by atoms with van der Waals surface area (Å²) in [7, 11) is 0. The average molecular weight is 468 g/mol. The molecule has 33 heavy (non-hydrogen) atoms. The van der Waals surface area contributed by atoms with Crippen molar-refractivity contribution in [3.8, 4) is 0 Å². The van der Waals surface area contributed by atoms with Crippen LogP contribution < -0.4 is 0 Å². The van der Waals surface area contributed by atoms with Crippen LogP contribution in [0.2, 0.25) is 0 Å². The minimum Gasteiger partial charge on any atom is -0.467 e. The number of thiophene rings is 1. The van der Waals surface area contributed by atoms with Crippen molar-refractivity contribution in [2.24, 2.45) is 0 Å². The summed E-state index contributed by atoms with van der Waals surface area (Å²) in [5.41, 5.74) is 1.03. The van der Waals surface area contributed by atoms with E-state index in [4.69, 9.17) is 9.15 Å². The van der Waals surface area contributed by atoms with E-state index < -0.39 is 0 Å². The zero-order valence-corrected chi connectivity index (χ0v) is 19.4. The van der Waals surface area contributed by atoms with Crippen LogP contribution in [0.1, 0.15) is 21.0 Å². The lowest BCUT2D eigenvalue weighted by Crippen LogP contribution is -2.46. The summed E-state index contributed by atoms with van der Waals surface area (Å²) in [4.78, 5) is 33.0. The second-order valence-electron chi connectivity index (χ2n) is 7.97. The number of carbonyl (C=O) groups is 2. The largest absolute Gasteiger partial charge is 0.467 e. The molecule has 1 aliphatic heterocycles. The summed E-state index contributed by atoms with van der Waals surface area (Å²) in [6.45, 7) is 5.11. The van der Waals surface area contributed by atoms with Crippen molar-refractivity contribution < 1.29 is 18.7 Å². The third-order valence-electron chi connectivity index (χ3n) is 5.63. The van der Waals surface area contributed by atoms with Gasteiger partial charge in [0.1, 0.15) is 12.3 Å². The van der Waals surface area contributed by atoms with Crippen LogP contribution in [0.4, 0.5) is 0 Å². The van der Waals surface area contributed by atoms with Crippen LogP contribution in [-0.2, 0) is 22.6 Å². The molecule has 2 amide bonds. The third-order valence-corrected chi connectivity index (χ3v) is 6.49. The lowest BCUT2D eigenvalue weighted by molar-refractivity contribution is -0.133. The smallest absolute Gasteiger partial charge is 0.264 e. The third kappa shape index (κ3) is 6.77. The predicted molar refractivity (Wildman–Crippen MR) is 127 cm³/mol. The van der Waals surface area contributed by atoms with E-state index >= 15 is 0 Å². The quantitative estimate of drug-likeness (QED) is 0.458. The molecule has 8 heteroatoms. The number of rotatable bonds is 10. The fourth-order valence-electron chi connectivity index (χ4n) is 3.79. The molecule has 1 fully saturated rings. The molecular formula is C25H29N3O4S. The van der Waals surface area contributed by atoms with Crippen molar-refractivity contribution in [1.29, 1.82) is 0 Å². The molecule has 0 spiro atoms. The number of carbonyl (C=O) groups excluding carboxylic acids is 2. The second kappa shape index (κ2) is 11.8. The van der Waals surface area contributed by atoms with E-state index in [0.717, 1.165) is 18.7 Å². The lowest BCUT2D eigenvalue weighted by atomic mass is 10.2. The predicted octanol–water partition coefficient (Wildman–Crippen LogP) is 3.34. The molecule has 2 aromatic heterocycles. The van der Waals surface area contributed by atoms with Crippen molar-refractivity contribution in [3.63, 3.8) is 0 Å². The molecule has 0 aliphatic carbocycles. The molecule has 0 radical (unpaired) electrons. The number of nitrogens with zero attached hydrogens (tertiary/aromatic N) is 3. The number of hydrogen-bond donors (Lipinski definition) is 0. The Bertz CT molecular complexity index is 986. The van der Waals surface area contributed by atoms with Crippen molar-refractivity contribution in [1.82, 2.24) is 14.7 Å². The van der Waals surface area contributed by atoms with E-state index in [9.17, 15) is 9.59 Å². The summed E-state index contributed by atoms with van der Waals surface area (Å²) < 4.78 is 10.9. The second-order valence-corrected chi connectivity index (χ2v) is 8.92. The highest BCUT2D eigenvalue weighted by Crippen LogP contribution is 2.15. The Balaban J connectivity index is 1.48. The molecule has 3 heterocycles. The van der Waals surface area contributed by atoms with Crippen LogP contribution in [-0.4, -0.2) is 72.5 Å². The summed E-state index contributed by atoms with van der Waals surface area (Å²) in [5, 5.41) is 1.88. The number of hydrogen-bond acceptors (Lipinski definition) is 6. The number of furan rings is 1. The molecule has 174 valence electrons. The van der Waals surface area contributed by atoms with E-state index in [1.165, 1.54) is 11.3 Å². The van der Waals surface area contributed by atoms with E-state index in [1.807, 2.05) is 60.0 Å². The molecule has 1 aliphatic rings. The van der Waals surface area contributed by atoms with Gasteiger partial charge in [-0.25, -0.2) is 0 Å².